The van der Waals surface area contributed by atoms with Crippen LogP contribution in [0.4, 0.5) is 0 Å². The first-order valence-corrected chi connectivity index (χ1v) is 5.45. The third kappa shape index (κ3) is 1.53. The van der Waals surface area contributed by atoms with Gasteiger partial charge in [0.15, 0.2) is 0 Å². The van der Waals surface area contributed by atoms with Gasteiger partial charge in [-0.1, -0.05) is 0 Å². The van der Waals surface area contributed by atoms with Gasteiger partial charge in [-0.2, -0.15) is 0 Å². The van der Waals surface area contributed by atoms with Crippen LogP contribution in [-0.4, -0.2) is 23.2 Å². The highest BCUT2D eigenvalue weighted by molar-refractivity contribution is 5.79. The zero-order chi connectivity index (χ0) is 10.1. The average Bonchev–Trinajstić information content (AvgIpc) is 2.74. The lowest BCUT2D eigenvalue weighted by atomic mass is 9.93. The van der Waals surface area contributed by atoms with E-state index in [1.807, 2.05) is 12.3 Å². The van der Waals surface area contributed by atoms with Crippen LogP contribution in [0.3, 0.4) is 0 Å². The van der Waals surface area contributed by atoms with E-state index in [1.165, 1.54) is 5.56 Å². The van der Waals surface area contributed by atoms with Crippen LogP contribution in [0.1, 0.15) is 24.3 Å². The molecule has 1 aliphatic rings. The van der Waals surface area contributed by atoms with Crippen LogP contribution < -0.4 is 0 Å². The average molecular weight is 202 g/mol. The minimum atomic E-state index is 0.613. The van der Waals surface area contributed by atoms with E-state index < -0.39 is 0 Å². The van der Waals surface area contributed by atoms with Crippen LogP contribution in [0.15, 0.2) is 24.5 Å². The molecule has 3 heterocycles. The lowest BCUT2D eigenvalue weighted by molar-refractivity contribution is 0.0856. The smallest absolute Gasteiger partial charge is 0.0913 e. The van der Waals surface area contributed by atoms with E-state index in [1.54, 1.807) is 0 Å². The van der Waals surface area contributed by atoms with Crippen molar-refractivity contribution in [3.8, 4) is 0 Å². The molecule has 0 aliphatic carbocycles. The Morgan fingerprint density at radius 2 is 2.20 bits per heavy atom. The molecule has 0 saturated carbocycles. The fraction of sp³-hybridized carbons (Fsp3) is 0.417. The first kappa shape index (κ1) is 8.92. The van der Waals surface area contributed by atoms with Crippen LogP contribution in [0.2, 0.25) is 0 Å². The molecule has 78 valence electrons. The number of rotatable bonds is 1. The summed E-state index contributed by atoms with van der Waals surface area (Å²) in [7, 11) is 0. The van der Waals surface area contributed by atoms with Crippen molar-refractivity contribution >= 4 is 11.0 Å². The van der Waals surface area contributed by atoms with E-state index in [0.717, 1.165) is 37.1 Å². The summed E-state index contributed by atoms with van der Waals surface area (Å²) in [5.74, 6) is 0.613. The lowest BCUT2D eigenvalue weighted by Crippen LogP contribution is -2.13. The Morgan fingerprint density at radius 3 is 3.07 bits per heavy atom. The summed E-state index contributed by atoms with van der Waals surface area (Å²) in [6, 6.07) is 4.04. The fourth-order valence-corrected chi connectivity index (χ4v) is 2.30. The summed E-state index contributed by atoms with van der Waals surface area (Å²) < 4.78 is 5.38. The molecule has 0 radical (unpaired) electrons. The number of pyridine rings is 1. The van der Waals surface area contributed by atoms with Gasteiger partial charge >= 0.3 is 0 Å². The molecule has 1 aliphatic heterocycles. The number of H-pyrrole nitrogens is 1. The maximum atomic E-state index is 5.38. The lowest BCUT2D eigenvalue weighted by Gasteiger charge is -2.21. The normalized spacial score (nSPS) is 18.4. The van der Waals surface area contributed by atoms with Gasteiger partial charge in [0.2, 0.25) is 0 Å². The second kappa shape index (κ2) is 3.66. The largest absolute Gasteiger partial charge is 0.381 e. The predicted octanol–water partition coefficient (Wildman–Crippen LogP) is 2.46. The van der Waals surface area contributed by atoms with Gasteiger partial charge in [-0.3, -0.25) is 4.98 Å². The number of nitrogens with one attached hydrogen (secondary N) is 1. The highest BCUT2D eigenvalue weighted by Gasteiger charge is 2.19. The Kier molecular flexibility index (Phi) is 2.18. The molecule has 1 saturated heterocycles. The molecule has 2 aromatic rings. The fourth-order valence-electron chi connectivity index (χ4n) is 2.30. The quantitative estimate of drug-likeness (QED) is 0.771. The molecule has 0 unspecified atom stereocenters. The molecular weight excluding hydrogens is 188 g/mol. The number of aromatic amines is 1. The second-order valence-electron chi connectivity index (χ2n) is 4.03. The van der Waals surface area contributed by atoms with Gasteiger partial charge in [0.25, 0.3) is 0 Å². The Hall–Kier alpha value is -1.35. The number of nitrogens with zero attached hydrogens (tertiary/aromatic N) is 1. The highest BCUT2D eigenvalue weighted by Crippen LogP contribution is 2.30. The Labute approximate surface area is 88.5 Å². The van der Waals surface area contributed by atoms with Crippen molar-refractivity contribution in [1.29, 1.82) is 0 Å². The molecule has 3 rings (SSSR count). The zero-order valence-corrected chi connectivity index (χ0v) is 8.57. The van der Waals surface area contributed by atoms with Crippen LogP contribution in [0.5, 0.6) is 0 Å². The van der Waals surface area contributed by atoms with Crippen LogP contribution >= 0.6 is 0 Å². The van der Waals surface area contributed by atoms with Gasteiger partial charge in [-0.25, -0.2) is 0 Å². The van der Waals surface area contributed by atoms with Gasteiger partial charge in [0.1, 0.15) is 0 Å². The van der Waals surface area contributed by atoms with Crippen molar-refractivity contribution in [2.75, 3.05) is 13.2 Å². The number of ether oxygens (including phenoxy) is 1. The molecule has 15 heavy (non-hydrogen) atoms. The highest BCUT2D eigenvalue weighted by atomic mass is 16.5. The van der Waals surface area contributed by atoms with Gasteiger partial charge < -0.3 is 9.72 Å². The summed E-state index contributed by atoms with van der Waals surface area (Å²) in [6.07, 6.45) is 6.19. The van der Waals surface area contributed by atoms with E-state index in [9.17, 15) is 0 Å². The number of hydrogen-bond acceptors (Lipinski definition) is 2. The monoisotopic (exact) mass is 202 g/mol. The third-order valence-corrected chi connectivity index (χ3v) is 3.13. The summed E-state index contributed by atoms with van der Waals surface area (Å²) in [4.78, 5) is 7.73. The van der Waals surface area contributed by atoms with Crippen LogP contribution in [0.25, 0.3) is 11.0 Å². The van der Waals surface area contributed by atoms with Gasteiger partial charge in [-0.05, 0) is 36.5 Å². The second-order valence-corrected chi connectivity index (χ2v) is 4.03. The van der Waals surface area contributed by atoms with Crippen molar-refractivity contribution in [3.05, 3.63) is 30.1 Å². The summed E-state index contributed by atoms with van der Waals surface area (Å²) >= 11 is 0. The zero-order valence-electron chi connectivity index (χ0n) is 8.57. The molecule has 3 heteroatoms. The Morgan fingerprint density at radius 1 is 1.33 bits per heavy atom. The Balaban J connectivity index is 2.02. The van der Waals surface area contributed by atoms with E-state index in [4.69, 9.17) is 4.74 Å². The molecule has 1 fully saturated rings. The van der Waals surface area contributed by atoms with Gasteiger partial charge in [-0.15, -0.1) is 0 Å². The molecule has 1 N–H and O–H groups in total. The topological polar surface area (TPSA) is 37.9 Å². The van der Waals surface area contributed by atoms with Crippen molar-refractivity contribution < 1.29 is 4.74 Å². The molecule has 0 atom stereocenters. The van der Waals surface area contributed by atoms with Gasteiger partial charge in [0.05, 0.1) is 11.0 Å². The van der Waals surface area contributed by atoms with Crippen molar-refractivity contribution in [2.45, 2.75) is 18.8 Å². The van der Waals surface area contributed by atoms with Crippen molar-refractivity contribution in [1.82, 2.24) is 9.97 Å². The van der Waals surface area contributed by atoms with Crippen molar-refractivity contribution in [2.24, 2.45) is 0 Å². The van der Waals surface area contributed by atoms with E-state index in [0.29, 0.717) is 5.92 Å². The molecule has 3 nitrogen and oxygen atoms in total. The van der Waals surface area contributed by atoms with E-state index >= 15 is 0 Å². The minimum Gasteiger partial charge on any atom is -0.381 e. The molecule has 0 amide bonds. The first-order valence-electron chi connectivity index (χ1n) is 5.45. The van der Waals surface area contributed by atoms with Crippen molar-refractivity contribution in [3.63, 3.8) is 0 Å². The van der Waals surface area contributed by atoms with E-state index in [-0.39, 0.29) is 0 Å². The summed E-state index contributed by atoms with van der Waals surface area (Å²) in [5, 5.41) is 0. The molecular formula is C12H14N2O. The summed E-state index contributed by atoms with van der Waals surface area (Å²) in [5.41, 5.74) is 3.62. The first-order chi connectivity index (χ1) is 7.45. The minimum absolute atomic E-state index is 0.613. The summed E-state index contributed by atoms with van der Waals surface area (Å²) in [6.45, 7) is 1.76. The molecule has 0 spiro atoms. The standard InChI is InChI=1S/C12H14N2O/c1-2-11-12(13-5-1)10(8-14-11)9-3-6-15-7-4-9/h1-2,5,8-9,14H,3-4,6-7H2. The SMILES string of the molecule is c1cnc2c(C3CCOCC3)c[nH]c2c1. The number of hydrogen-bond donors (Lipinski definition) is 1. The molecule has 0 bridgehead atoms. The van der Waals surface area contributed by atoms with Crippen LogP contribution in [-0.2, 0) is 4.74 Å². The molecule has 0 aromatic carbocycles. The third-order valence-electron chi connectivity index (χ3n) is 3.13. The maximum absolute atomic E-state index is 5.38. The maximum Gasteiger partial charge on any atom is 0.0913 e. The van der Waals surface area contributed by atoms with Crippen LogP contribution in [0, 0.1) is 0 Å². The molecule has 2 aromatic heterocycles. The van der Waals surface area contributed by atoms with Gasteiger partial charge in [0, 0.05) is 25.6 Å². The number of fused-ring (bicyclic) bond motifs is 1. The Bertz CT molecular complexity index is 457. The predicted molar refractivity (Wildman–Crippen MR) is 58.9 cm³/mol. The van der Waals surface area contributed by atoms with E-state index in [2.05, 4.69) is 22.2 Å². The number of aromatic nitrogens is 2.